The molecule has 0 saturated heterocycles. The Morgan fingerprint density at radius 2 is 1.81 bits per heavy atom. The predicted octanol–water partition coefficient (Wildman–Crippen LogP) is 2.33. The van der Waals surface area contributed by atoms with Gasteiger partial charge in [0.15, 0.2) is 0 Å². The average molecular weight is 292 g/mol. The van der Waals surface area contributed by atoms with E-state index in [2.05, 4.69) is 0 Å². The van der Waals surface area contributed by atoms with E-state index in [1.165, 1.54) is 0 Å². The monoisotopic (exact) mass is 292 g/mol. The molecule has 0 heterocycles. The van der Waals surface area contributed by atoms with E-state index < -0.39 is 11.9 Å². The van der Waals surface area contributed by atoms with Crippen molar-refractivity contribution in [1.82, 2.24) is 0 Å². The summed E-state index contributed by atoms with van der Waals surface area (Å²) >= 11 is 0. The third-order valence-electron chi connectivity index (χ3n) is 3.79. The van der Waals surface area contributed by atoms with Gasteiger partial charge in [0, 0.05) is 18.4 Å². The normalized spacial score (nSPS) is 21.2. The number of hydrogen-bond acceptors (Lipinski definition) is 5. The van der Waals surface area contributed by atoms with Crippen LogP contribution in [0.25, 0.3) is 0 Å². The molecule has 0 amide bonds. The number of Topliss-reactive ketones (excluding diaryl/α,β-unsaturated/α-hetero) is 1. The molecule has 1 fully saturated rings. The van der Waals surface area contributed by atoms with Gasteiger partial charge in [-0.2, -0.15) is 0 Å². The van der Waals surface area contributed by atoms with E-state index >= 15 is 0 Å². The standard InChI is InChI=1S/C16H20O5/c1-4-21-16(18)15-13(5-6-14(15)17)10-7-11(19-2)9-12(8-10)20-3/h7-9,13,15H,4-6H2,1-3H3. The average Bonchev–Trinajstić information content (AvgIpc) is 2.88. The third-order valence-corrected chi connectivity index (χ3v) is 3.79. The molecule has 0 N–H and O–H groups in total. The minimum absolute atomic E-state index is 0.0553. The minimum Gasteiger partial charge on any atom is -0.497 e. The molecule has 0 aliphatic heterocycles. The van der Waals surface area contributed by atoms with Crippen molar-refractivity contribution in [2.45, 2.75) is 25.7 Å². The van der Waals surface area contributed by atoms with Crippen molar-refractivity contribution >= 4 is 11.8 Å². The van der Waals surface area contributed by atoms with Crippen molar-refractivity contribution < 1.29 is 23.8 Å². The fourth-order valence-corrected chi connectivity index (χ4v) is 2.77. The zero-order chi connectivity index (χ0) is 15.4. The molecular weight excluding hydrogens is 272 g/mol. The second-order valence-electron chi connectivity index (χ2n) is 4.99. The molecular formula is C16H20O5. The van der Waals surface area contributed by atoms with Gasteiger partial charge in [0.1, 0.15) is 23.2 Å². The van der Waals surface area contributed by atoms with Crippen molar-refractivity contribution in [2.24, 2.45) is 5.92 Å². The van der Waals surface area contributed by atoms with Crippen LogP contribution in [0.2, 0.25) is 0 Å². The molecule has 2 atom stereocenters. The second kappa shape index (κ2) is 6.61. The molecule has 21 heavy (non-hydrogen) atoms. The van der Waals surface area contributed by atoms with Crippen molar-refractivity contribution in [1.29, 1.82) is 0 Å². The topological polar surface area (TPSA) is 61.8 Å². The first kappa shape index (κ1) is 15.4. The summed E-state index contributed by atoms with van der Waals surface area (Å²) in [4.78, 5) is 24.1. The summed E-state index contributed by atoms with van der Waals surface area (Å²) in [6, 6.07) is 5.45. The van der Waals surface area contributed by atoms with Crippen molar-refractivity contribution in [2.75, 3.05) is 20.8 Å². The number of esters is 1. The fourth-order valence-electron chi connectivity index (χ4n) is 2.77. The molecule has 0 spiro atoms. The molecule has 0 radical (unpaired) electrons. The molecule has 0 aromatic heterocycles. The van der Waals surface area contributed by atoms with E-state index in [1.807, 2.05) is 12.1 Å². The molecule has 1 aromatic carbocycles. The van der Waals surface area contributed by atoms with Crippen LogP contribution in [0.3, 0.4) is 0 Å². The maximum Gasteiger partial charge on any atom is 0.317 e. The highest BCUT2D eigenvalue weighted by molar-refractivity contribution is 6.01. The predicted molar refractivity (Wildman–Crippen MR) is 76.7 cm³/mol. The molecule has 5 nitrogen and oxygen atoms in total. The Balaban J connectivity index is 2.35. The molecule has 1 saturated carbocycles. The molecule has 5 heteroatoms. The summed E-state index contributed by atoms with van der Waals surface area (Å²) < 4.78 is 15.5. The van der Waals surface area contributed by atoms with Crippen LogP contribution in [0.4, 0.5) is 0 Å². The maximum atomic E-state index is 12.0. The first-order valence-corrected chi connectivity index (χ1v) is 7.03. The van der Waals surface area contributed by atoms with Gasteiger partial charge in [-0.1, -0.05) is 0 Å². The van der Waals surface area contributed by atoms with E-state index in [-0.39, 0.29) is 18.3 Å². The fraction of sp³-hybridized carbons (Fsp3) is 0.500. The number of carbonyl (C=O) groups is 2. The number of benzene rings is 1. The van der Waals surface area contributed by atoms with Crippen LogP contribution < -0.4 is 9.47 Å². The van der Waals surface area contributed by atoms with Gasteiger partial charge in [-0.15, -0.1) is 0 Å². The highest BCUT2D eigenvalue weighted by atomic mass is 16.5. The zero-order valence-electron chi connectivity index (χ0n) is 12.5. The lowest BCUT2D eigenvalue weighted by atomic mass is 9.88. The summed E-state index contributed by atoms with van der Waals surface area (Å²) in [5, 5.41) is 0. The first-order chi connectivity index (χ1) is 10.1. The molecule has 114 valence electrons. The smallest absolute Gasteiger partial charge is 0.317 e. The lowest BCUT2D eigenvalue weighted by Gasteiger charge is -2.19. The molecule has 1 aliphatic carbocycles. The van der Waals surface area contributed by atoms with Gasteiger partial charge in [0.05, 0.1) is 20.8 Å². The third kappa shape index (κ3) is 3.17. The Labute approximate surface area is 124 Å². The number of methoxy groups -OCH3 is 2. The first-order valence-electron chi connectivity index (χ1n) is 7.03. The van der Waals surface area contributed by atoms with Crippen molar-refractivity contribution in [3.8, 4) is 11.5 Å². The highest BCUT2D eigenvalue weighted by Crippen LogP contribution is 2.40. The number of rotatable bonds is 5. The molecule has 2 rings (SSSR count). The van der Waals surface area contributed by atoms with E-state index in [4.69, 9.17) is 14.2 Å². The van der Waals surface area contributed by atoms with Gasteiger partial charge >= 0.3 is 5.97 Å². The zero-order valence-corrected chi connectivity index (χ0v) is 12.5. The molecule has 1 aromatic rings. The van der Waals surface area contributed by atoms with Crippen LogP contribution in [-0.2, 0) is 14.3 Å². The largest absolute Gasteiger partial charge is 0.497 e. The Hall–Kier alpha value is -2.04. The van der Waals surface area contributed by atoms with Crippen molar-refractivity contribution in [3.63, 3.8) is 0 Å². The lowest BCUT2D eigenvalue weighted by Crippen LogP contribution is -2.26. The second-order valence-corrected chi connectivity index (χ2v) is 4.99. The minimum atomic E-state index is -0.721. The number of hydrogen-bond donors (Lipinski definition) is 0. The van der Waals surface area contributed by atoms with E-state index in [0.717, 1.165) is 5.56 Å². The Kier molecular flexibility index (Phi) is 4.83. The van der Waals surface area contributed by atoms with Crippen molar-refractivity contribution in [3.05, 3.63) is 23.8 Å². The summed E-state index contributed by atoms with van der Waals surface area (Å²) in [5.74, 6) is -0.105. The van der Waals surface area contributed by atoms with E-state index in [0.29, 0.717) is 24.3 Å². The van der Waals surface area contributed by atoms with Gasteiger partial charge in [-0.05, 0) is 31.0 Å². The van der Waals surface area contributed by atoms with Crippen LogP contribution in [0, 0.1) is 5.92 Å². The van der Waals surface area contributed by atoms with Crippen LogP contribution in [0.5, 0.6) is 11.5 Å². The molecule has 0 bridgehead atoms. The number of carbonyl (C=O) groups excluding carboxylic acids is 2. The van der Waals surface area contributed by atoms with Gasteiger partial charge < -0.3 is 14.2 Å². The van der Waals surface area contributed by atoms with Crippen LogP contribution in [0.15, 0.2) is 18.2 Å². The Morgan fingerprint density at radius 3 is 2.33 bits per heavy atom. The van der Waals surface area contributed by atoms with Gasteiger partial charge in [0.25, 0.3) is 0 Å². The maximum absolute atomic E-state index is 12.0. The number of ether oxygens (including phenoxy) is 3. The van der Waals surface area contributed by atoms with E-state index in [9.17, 15) is 9.59 Å². The van der Waals surface area contributed by atoms with Crippen LogP contribution in [0.1, 0.15) is 31.2 Å². The summed E-state index contributed by atoms with van der Waals surface area (Å²) in [7, 11) is 3.14. The Morgan fingerprint density at radius 1 is 1.19 bits per heavy atom. The van der Waals surface area contributed by atoms with Gasteiger partial charge in [-0.25, -0.2) is 0 Å². The summed E-state index contributed by atoms with van der Waals surface area (Å²) in [6.07, 6.45) is 1.03. The highest BCUT2D eigenvalue weighted by Gasteiger charge is 2.42. The molecule has 1 aliphatic rings. The van der Waals surface area contributed by atoms with Gasteiger partial charge in [0.2, 0.25) is 0 Å². The summed E-state index contributed by atoms with van der Waals surface area (Å²) in [5.41, 5.74) is 0.870. The molecule has 2 unspecified atom stereocenters. The summed E-state index contributed by atoms with van der Waals surface area (Å²) in [6.45, 7) is 2.01. The van der Waals surface area contributed by atoms with Crippen LogP contribution in [-0.4, -0.2) is 32.6 Å². The Bertz CT molecular complexity index is 515. The SMILES string of the molecule is CCOC(=O)C1C(=O)CCC1c1cc(OC)cc(OC)c1. The quantitative estimate of drug-likeness (QED) is 0.615. The van der Waals surface area contributed by atoms with Crippen LogP contribution >= 0.6 is 0 Å². The van der Waals surface area contributed by atoms with Gasteiger partial charge in [-0.3, -0.25) is 9.59 Å². The number of ketones is 1. The lowest BCUT2D eigenvalue weighted by molar-refractivity contribution is -0.151. The van der Waals surface area contributed by atoms with E-state index in [1.54, 1.807) is 27.2 Å².